The fourth-order valence-corrected chi connectivity index (χ4v) is 2.95. The highest BCUT2D eigenvalue weighted by atomic mass is 16.5. The Balaban J connectivity index is 1.77. The molecule has 0 radical (unpaired) electrons. The average molecular weight is 330 g/mol. The van der Waals surface area contributed by atoms with Gasteiger partial charge in [-0.25, -0.2) is 4.98 Å². The summed E-state index contributed by atoms with van der Waals surface area (Å²) in [5.41, 5.74) is 1.44. The lowest BCUT2D eigenvalue weighted by Gasteiger charge is -2.38. The van der Waals surface area contributed by atoms with Crippen molar-refractivity contribution in [2.24, 2.45) is 5.92 Å². The number of aromatic nitrogens is 3. The summed E-state index contributed by atoms with van der Waals surface area (Å²) in [6.45, 7) is 2.68. The molecule has 1 fully saturated rings. The van der Waals surface area contributed by atoms with Gasteiger partial charge in [-0.3, -0.25) is 9.48 Å². The summed E-state index contributed by atoms with van der Waals surface area (Å²) in [6.07, 6.45) is 6.07. The molecule has 128 valence electrons. The van der Waals surface area contributed by atoms with Crippen LogP contribution in [0.5, 0.6) is 5.88 Å². The molecule has 1 atom stereocenters. The van der Waals surface area contributed by atoms with E-state index in [4.69, 9.17) is 4.74 Å². The maximum atomic E-state index is 12.5. The number of carbonyl (C=O) groups excluding carboxylic acids is 1. The summed E-state index contributed by atoms with van der Waals surface area (Å²) in [5.74, 6) is 0.555. The van der Waals surface area contributed by atoms with Gasteiger partial charge < -0.3 is 15.2 Å². The van der Waals surface area contributed by atoms with Gasteiger partial charge in [0.1, 0.15) is 0 Å². The maximum Gasteiger partial charge on any atom is 0.254 e. The zero-order chi connectivity index (χ0) is 17.1. The number of nitrogens with zero attached hydrogens (tertiary/aromatic N) is 3. The Morgan fingerprint density at radius 2 is 2.25 bits per heavy atom. The van der Waals surface area contributed by atoms with Crippen molar-refractivity contribution in [3.05, 3.63) is 41.9 Å². The topological polar surface area (TPSA) is 89.3 Å². The summed E-state index contributed by atoms with van der Waals surface area (Å²) in [4.78, 5) is 16.8. The Kier molecular flexibility index (Phi) is 4.80. The molecule has 1 aliphatic carbocycles. The minimum Gasteiger partial charge on any atom is -0.481 e. The van der Waals surface area contributed by atoms with Crippen molar-refractivity contribution in [1.29, 1.82) is 0 Å². The van der Waals surface area contributed by atoms with Crippen molar-refractivity contribution in [2.45, 2.75) is 38.5 Å². The standard InChI is InChI=1S/C17H22N4O3/c1-3-21-10-13(9-19-21)17(23)20-16(12-6-14(22)7-12)11-4-5-15(24-2)18-8-11/h4-5,8-10,12,14,16,22H,3,6-7H2,1-2H3,(H,20,23)/t12?,14?,16-/m0/s1. The highest BCUT2D eigenvalue weighted by molar-refractivity contribution is 5.94. The Labute approximate surface area is 140 Å². The molecule has 0 spiro atoms. The van der Waals surface area contributed by atoms with Gasteiger partial charge in [0.25, 0.3) is 5.91 Å². The van der Waals surface area contributed by atoms with Gasteiger partial charge in [-0.2, -0.15) is 5.10 Å². The first-order valence-corrected chi connectivity index (χ1v) is 8.12. The second kappa shape index (κ2) is 7.00. The maximum absolute atomic E-state index is 12.5. The van der Waals surface area contributed by atoms with Gasteiger partial charge in [-0.05, 0) is 31.2 Å². The number of ether oxygens (including phenoxy) is 1. The molecule has 0 unspecified atom stereocenters. The molecule has 24 heavy (non-hydrogen) atoms. The summed E-state index contributed by atoms with van der Waals surface area (Å²) in [7, 11) is 1.56. The van der Waals surface area contributed by atoms with E-state index < -0.39 is 0 Å². The molecule has 1 amide bonds. The molecule has 2 aromatic rings. The third-order valence-corrected chi connectivity index (χ3v) is 4.45. The monoisotopic (exact) mass is 330 g/mol. The number of pyridine rings is 1. The molecule has 0 bridgehead atoms. The quantitative estimate of drug-likeness (QED) is 0.839. The predicted molar refractivity (Wildman–Crippen MR) is 87.6 cm³/mol. The minimum atomic E-state index is -0.288. The van der Waals surface area contributed by atoms with Crippen LogP contribution in [0.1, 0.15) is 41.7 Å². The van der Waals surface area contributed by atoms with Crippen LogP contribution in [0.15, 0.2) is 30.7 Å². The molecule has 0 aromatic carbocycles. The highest BCUT2D eigenvalue weighted by Gasteiger charge is 2.36. The lowest BCUT2D eigenvalue weighted by molar-refractivity contribution is 0.0234. The van der Waals surface area contributed by atoms with Crippen LogP contribution in [0.25, 0.3) is 0 Å². The molecule has 0 aliphatic heterocycles. The lowest BCUT2D eigenvalue weighted by atomic mass is 9.75. The first-order chi connectivity index (χ1) is 11.6. The molecular formula is C17H22N4O3. The molecule has 3 rings (SSSR count). The van der Waals surface area contributed by atoms with Crippen molar-refractivity contribution in [3.63, 3.8) is 0 Å². The van der Waals surface area contributed by atoms with Gasteiger partial charge in [-0.15, -0.1) is 0 Å². The number of aliphatic hydroxyl groups excluding tert-OH is 1. The van der Waals surface area contributed by atoms with Crippen LogP contribution in [0.4, 0.5) is 0 Å². The second-order valence-corrected chi connectivity index (χ2v) is 6.06. The summed E-state index contributed by atoms with van der Waals surface area (Å²) < 4.78 is 6.80. The van der Waals surface area contributed by atoms with E-state index >= 15 is 0 Å². The minimum absolute atomic E-state index is 0.170. The second-order valence-electron chi connectivity index (χ2n) is 6.06. The molecule has 2 heterocycles. The van der Waals surface area contributed by atoms with Crippen molar-refractivity contribution in [1.82, 2.24) is 20.1 Å². The van der Waals surface area contributed by atoms with Crippen LogP contribution >= 0.6 is 0 Å². The zero-order valence-electron chi connectivity index (χ0n) is 13.8. The van der Waals surface area contributed by atoms with Crippen LogP contribution in [-0.2, 0) is 6.54 Å². The van der Waals surface area contributed by atoms with Crippen molar-refractivity contribution < 1.29 is 14.6 Å². The summed E-state index contributed by atoms with van der Waals surface area (Å²) in [5, 5.41) is 16.8. The molecule has 7 heteroatoms. The Hall–Kier alpha value is -2.41. The fourth-order valence-electron chi connectivity index (χ4n) is 2.95. The third kappa shape index (κ3) is 3.41. The Bertz CT molecular complexity index is 692. The Morgan fingerprint density at radius 1 is 1.46 bits per heavy atom. The van der Waals surface area contributed by atoms with Gasteiger partial charge in [0.15, 0.2) is 0 Å². The number of hydrogen-bond donors (Lipinski definition) is 2. The number of carbonyl (C=O) groups is 1. The molecule has 2 N–H and O–H groups in total. The SMILES string of the molecule is CCn1cc(C(=O)N[C@@H](c2ccc(OC)nc2)C2CC(O)C2)cn1. The number of aryl methyl sites for hydroxylation is 1. The lowest BCUT2D eigenvalue weighted by Crippen LogP contribution is -2.41. The first kappa shape index (κ1) is 16.4. The normalized spacial score (nSPS) is 21.0. The highest BCUT2D eigenvalue weighted by Crippen LogP contribution is 2.38. The van der Waals surface area contributed by atoms with Crippen molar-refractivity contribution in [3.8, 4) is 5.88 Å². The number of nitrogens with one attached hydrogen (secondary N) is 1. The van der Waals surface area contributed by atoms with Crippen molar-refractivity contribution >= 4 is 5.91 Å². The van der Waals surface area contributed by atoms with Crippen LogP contribution < -0.4 is 10.1 Å². The third-order valence-electron chi connectivity index (χ3n) is 4.45. The zero-order valence-corrected chi connectivity index (χ0v) is 13.8. The van der Waals surface area contributed by atoms with Crippen LogP contribution in [0.2, 0.25) is 0 Å². The van der Waals surface area contributed by atoms with E-state index in [1.807, 2.05) is 13.0 Å². The smallest absolute Gasteiger partial charge is 0.254 e. The van der Waals surface area contributed by atoms with Crippen LogP contribution in [0.3, 0.4) is 0 Å². The van der Waals surface area contributed by atoms with Crippen LogP contribution in [-0.4, -0.2) is 39.0 Å². The van der Waals surface area contributed by atoms with E-state index in [0.29, 0.717) is 30.8 Å². The fraction of sp³-hybridized carbons (Fsp3) is 0.471. The van der Waals surface area contributed by atoms with E-state index in [9.17, 15) is 9.90 Å². The van der Waals surface area contributed by atoms with E-state index in [1.165, 1.54) is 0 Å². The number of aliphatic hydroxyl groups is 1. The average Bonchev–Trinajstić information content (AvgIpc) is 3.06. The number of methoxy groups -OCH3 is 1. The van der Waals surface area contributed by atoms with E-state index in [0.717, 1.165) is 5.56 Å². The molecule has 1 saturated carbocycles. The number of rotatable bonds is 6. The first-order valence-electron chi connectivity index (χ1n) is 8.12. The predicted octanol–water partition coefficient (Wildman–Crippen LogP) is 1.55. The molecule has 0 saturated heterocycles. The molecule has 1 aliphatic rings. The van der Waals surface area contributed by atoms with Gasteiger partial charge >= 0.3 is 0 Å². The van der Waals surface area contributed by atoms with E-state index in [-0.39, 0.29) is 24.0 Å². The summed E-state index contributed by atoms with van der Waals surface area (Å²) >= 11 is 0. The molecule has 2 aromatic heterocycles. The molecule has 7 nitrogen and oxygen atoms in total. The van der Waals surface area contributed by atoms with E-state index in [1.54, 1.807) is 36.4 Å². The van der Waals surface area contributed by atoms with Crippen molar-refractivity contribution in [2.75, 3.05) is 7.11 Å². The number of amides is 1. The Morgan fingerprint density at radius 3 is 2.79 bits per heavy atom. The van der Waals surface area contributed by atoms with Gasteiger partial charge in [0, 0.05) is 25.0 Å². The largest absolute Gasteiger partial charge is 0.481 e. The van der Waals surface area contributed by atoms with E-state index in [2.05, 4.69) is 15.4 Å². The van der Waals surface area contributed by atoms with Crippen LogP contribution in [0, 0.1) is 5.92 Å². The van der Waals surface area contributed by atoms with Gasteiger partial charge in [0.05, 0.1) is 31.0 Å². The molecular weight excluding hydrogens is 308 g/mol. The number of hydrogen-bond acceptors (Lipinski definition) is 5. The van der Waals surface area contributed by atoms with Gasteiger partial charge in [0.2, 0.25) is 5.88 Å². The van der Waals surface area contributed by atoms with Gasteiger partial charge in [-0.1, -0.05) is 6.07 Å². The summed E-state index contributed by atoms with van der Waals surface area (Å²) in [6, 6.07) is 3.49.